The Morgan fingerprint density at radius 1 is 1.25 bits per heavy atom. The van der Waals surface area contributed by atoms with E-state index in [0.29, 0.717) is 18.8 Å². The van der Waals surface area contributed by atoms with E-state index in [1.807, 2.05) is 28.5 Å². The van der Waals surface area contributed by atoms with Gasteiger partial charge >= 0.3 is 0 Å². The van der Waals surface area contributed by atoms with Crippen LogP contribution in [0.5, 0.6) is 0 Å². The van der Waals surface area contributed by atoms with Crippen molar-refractivity contribution in [3.05, 3.63) is 52.0 Å². The van der Waals surface area contributed by atoms with Gasteiger partial charge in [0.1, 0.15) is 5.69 Å². The number of rotatable bonds is 3. The number of carbonyl (C=O) groups excluding carboxylic acids is 1. The molecule has 5 heteroatoms. The summed E-state index contributed by atoms with van der Waals surface area (Å²) >= 11 is 1.58. The molecule has 0 N–H and O–H groups in total. The minimum atomic E-state index is 0.0748. The first kappa shape index (κ1) is 15.8. The molecule has 1 aliphatic heterocycles. The van der Waals surface area contributed by atoms with Crippen LogP contribution in [0, 0.1) is 0 Å². The highest BCUT2D eigenvalue weighted by Gasteiger charge is 2.37. The van der Waals surface area contributed by atoms with Gasteiger partial charge in [-0.1, -0.05) is 43.2 Å². The maximum atomic E-state index is 12.9. The fourth-order valence-electron chi connectivity index (χ4n) is 3.76. The van der Waals surface area contributed by atoms with Crippen molar-refractivity contribution >= 4 is 17.2 Å². The normalized spacial score (nSPS) is 23.8. The minimum Gasteiger partial charge on any atom is -0.374 e. The molecule has 1 aromatic carbocycles. The topological polar surface area (TPSA) is 42.4 Å². The molecule has 0 unspecified atom stereocenters. The summed E-state index contributed by atoms with van der Waals surface area (Å²) in [6.07, 6.45) is 5.53. The number of thiazole rings is 1. The molecule has 24 heavy (non-hydrogen) atoms. The maximum Gasteiger partial charge on any atom is 0.273 e. The average molecular weight is 342 g/mol. The van der Waals surface area contributed by atoms with Crippen LogP contribution in [0.25, 0.3) is 0 Å². The summed E-state index contributed by atoms with van der Waals surface area (Å²) < 4.78 is 5.87. The maximum absolute atomic E-state index is 12.9. The van der Waals surface area contributed by atoms with Crippen molar-refractivity contribution in [2.75, 3.05) is 13.2 Å². The quantitative estimate of drug-likeness (QED) is 0.857. The minimum absolute atomic E-state index is 0.0748. The van der Waals surface area contributed by atoms with E-state index in [2.05, 4.69) is 17.1 Å². The Morgan fingerprint density at radius 3 is 2.96 bits per heavy atom. The van der Waals surface area contributed by atoms with E-state index in [9.17, 15) is 4.79 Å². The van der Waals surface area contributed by atoms with E-state index >= 15 is 0 Å². The summed E-state index contributed by atoms with van der Waals surface area (Å²) in [7, 11) is 0. The summed E-state index contributed by atoms with van der Waals surface area (Å²) in [6, 6.07) is 10.5. The highest BCUT2D eigenvalue weighted by atomic mass is 32.1. The highest BCUT2D eigenvalue weighted by molar-refractivity contribution is 7.09. The van der Waals surface area contributed by atoms with Crippen LogP contribution in [0.1, 0.15) is 46.7 Å². The van der Waals surface area contributed by atoms with Gasteiger partial charge in [-0.3, -0.25) is 4.79 Å². The van der Waals surface area contributed by atoms with Gasteiger partial charge in [-0.25, -0.2) is 4.98 Å². The first-order valence-corrected chi connectivity index (χ1v) is 9.60. The zero-order valence-corrected chi connectivity index (χ0v) is 14.5. The third kappa shape index (κ3) is 3.23. The van der Waals surface area contributed by atoms with Crippen molar-refractivity contribution in [3.8, 4) is 0 Å². The molecule has 0 radical (unpaired) electrons. The number of morpholine rings is 1. The molecule has 2 aromatic rings. The number of hydrogen-bond acceptors (Lipinski definition) is 4. The Labute approximate surface area is 146 Å². The van der Waals surface area contributed by atoms with Gasteiger partial charge in [-0.15, -0.1) is 11.3 Å². The summed E-state index contributed by atoms with van der Waals surface area (Å²) in [4.78, 5) is 19.5. The van der Waals surface area contributed by atoms with Gasteiger partial charge < -0.3 is 9.64 Å². The smallest absolute Gasteiger partial charge is 0.273 e. The predicted octanol–water partition coefficient (Wildman–Crippen LogP) is 3.52. The van der Waals surface area contributed by atoms with Gasteiger partial charge in [-0.05, 0) is 18.4 Å². The van der Waals surface area contributed by atoms with Crippen molar-refractivity contribution in [2.45, 2.75) is 44.2 Å². The van der Waals surface area contributed by atoms with Crippen molar-refractivity contribution in [3.63, 3.8) is 0 Å². The van der Waals surface area contributed by atoms with E-state index in [4.69, 9.17) is 4.74 Å². The molecule has 1 saturated carbocycles. The Morgan fingerprint density at radius 2 is 2.08 bits per heavy atom. The molecule has 1 saturated heterocycles. The molecule has 1 aromatic heterocycles. The number of amides is 1. The Balaban J connectivity index is 1.48. The standard InChI is InChI=1S/C19H22N2O2S/c22-19(21-10-11-23-17-9-5-4-8-16(17)21)15-13-24-18(20-15)12-14-6-2-1-3-7-14/h1-3,6-7,13,16-17H,4-5,8-12H2/t16-,17-/m0/s1. The molecular formula is C19H22N2O2S. The lowest BCUT2D eigenvalue weighted by atomic mass is 9.90. The van der Waals surface area contributed by atoms with Gasteiger partial charge in [0.2, 0.25) is 0 Å². The van der Waals surface area contributed by atoms with Crippen LogP contribution in [0.4, 0.5) is 0 Å². The molecular weight excluding hydrogens is 320 g/mol. The van der Waals surface area contributed by atoms with E-state index < -0.39 is 0 Å². The molecule has 2 heterocycles. The average Bonchev–Trinajstić information content (AvgIpc) is 3.10. The second-order valence-corrected chi connectivity index (χ2v) is 7.49. The number of benzene rings is 1. The van der Waals surface area contributed by atoms with Gasteiger partial charge in [-0.2, -0.15) is 0 Å². The molecule has 4 nitrogen and oxygen atoms in total. The van der Waals surface area contributed by atoms with E-state index in [1.165, 1.54) is 18.4 Å². The van der Waals surface area contributed by atoms with Crippen molar-refractivity contribution in [2.24, 2.45) is 0 Å². The molecule has 0 spiro atoms. The number of nitrogens with zero attached hydrogens (tertiary/aromatic N) is 2. The third-order valence-electron chi connectivity index (χ3n) is 4.96. The van der Waals surface area contributed by atoms with Crippen molar-refractivity contribution in [1.82, 2.24) is 9.88 Å². The molecule has 2 aliphatic rings. The lowest BCUT2D eigenvalue weighted by molar-refractivity contribution is -0.0754. The zero-order valence-electron chi connectivity index (χ0n) is 13.7. The number of carbonyl (C=O) groups is 1. The van der Waals surface area contributed by atoms with E-state index in [-0.39, 0.29) is 18.1 Å². The van der Waals surface area contributed by atoms with Crippen molar-refractivity contribution < 1.29 is 9.53 Å². The number of hydrogen-bond donors (Lipinski definition) is 0. The Kier molecular flexibility index (Phi) is 4.63. The third-order valence-corrected chi connectivity index (χ3v) is 5.81. The van der Waals surface area contributed by atoms with Crippen LogP contribution < -0.4 is 0 Å². The lowest BCUT2D eigenvalue weighted by Gasteiger charge is -2.43. The molecule has 0 bridgehead atoms. The van der Waals surface area contributed by atoms with Crippen LogP contribution >= 0.6 is 11.3 Å². The lowest BCUT2D eigenvalue weighted by Crippen LogP contribution is -2.54. The van der Waals surface area contributed by atoms with Crippen LogP contribution in [-0.4, -0.2) is 41.1 Å². The molecule has 2 atom stereocenters. The second-order valence-electron chi connectivity index (χ2n) is 6.55. The number of fused-ring (bicyclic) bond motifs is 1. The summed E-state index contributed by atoms with van der Waals surface area (Å²) in [5.41, 5.74) is 1.82. The summed E-state index contributed by atoms with van der Waals surface area (Å²) in [5.74, 6) is 0.0748. The van der Waals surface area contributed by atoms with Crippen LogP contribution in [0.15, 0.2) is 35.7 Å². The zero-order chi connectivity index (χ0) is 16.4. The van der Waals surface area contributed by atoms with Crippen LogP contribution in [0.2, 0.25) is 0 Å². The molecule has 2 fully saturated rings. The second kappa shape index (κ2) is 7.03. The molecule has 1 aliphatic carbocycles. The van der Waals surface area contributed by atoms with Gasteiger partial charge in [0.15, 0.2) is 0 Å². The van der Waals surface area contributed by atoms with Gasteiger partial charge in [0.05, 0.1) is 23.8 Å². The van der Waals surface area contributed by atoms with Gasteiger partial charge in [0.25, 0.3) is 5.91 Å². The highest BCUT2D eigenvalue weighted by Crippen LogP contribution is 2.29. The molecule has 1 amide bonds. The monoisotopic (exact) mass is 342 g/mol. The number of aromatic nitrogens is 1. The van der Waals surface area contributed by atoms with Crippen LogP contribution in [0.3, 0.4) is 0 Å². The fourth-order valence-corrected chi connectivity index (χ4v) is 4.56. The van der Waals surface area contributed by atoms with E-state index in [0.717, 1.165) is 24.3 Å². The summed E-state index contributed by atoms with van der Waals surface area (Å²) in [5, 5.41) is 2.91. The SMILES string of the molecule is O=C(c1csc(Cc2ccccc2)n1)N1CCO[C@H]2CCCC[C@@H]21. The van der Waals surface area contributed by atoms with Crippen molar-refractivity contribution in [1.29, 1.82) is 0 Å². The summed E-state index contributed by atoms with van der Waals surface area (Å²) in [6.45, 7) is 1.33. The predicted molar refractivity (Wildman–Crippen MR) is 94.4 cm³/mol. The number of ether oxygens (including phenoxy) is 1. The first-order chi connectivity index (χ1) is 11.8. The Hall–Kier alpha value is -1.72. The van der Waals surface area contributed by atoms with Gasteiger partial charge in [0, 0.05) is 18.3 Å². The van der Waals surface area contributed by atoms with Crippen LogP contribution in [-0.2, 0) is 11.2 Å². The largest absolute Gasteiger partial charge is 0.374 e. The first-order valence-electron chi connectivity index (χ1n) is 8.72. The fraction of sp³-hybridized carbons (Fsp3) is 0.474. The Bertz CT molecular complexity index is 698. The van der Waals surface area contributed by atoms with E-state index in [1.54, 1.807) is 11.3 Å². The molecule has 4 rings (SSSR count). The molecule has 126 valence electrons.